The molecule has 0 aliphatic carbocycles. The van der Waals surface area contributed by atoms with Gasteiger partial charge in [0.15, 0.2) is 5.76 Å². The molecule has 1 atom stereocenters. The first-order valence-electron chi connectivity index (χ1n) is 7.67. The van der Waals surface area contributed by atoms with E-state index in [9.17, 15) is 9.59 Å². The normalized spacial score (nSPS) is 17.5. The fourth-order valence-electron chi connectivity index (χ4n) is 3.15. The lowest BCUT2D eigenvalue weighted by atomic mass is 9.97. The average Bonchev–Trinajstić information content (AvgIpc) is 3.17. The van der Waals surface area contributed by atoms with Crippen LogP contribution in [0.5, 0.6) is 0 Å². The number of aryl methyl sites for hydroxylation is 2. The van der Waals surface area contributed by atoms with Gasteiger partial charge in [0, 0.05) is 12.6 Å². The van der Waals surface area contributed by atoms with Crippen LogP contribution >= 0.6 is 0 Å². The molecule has 3 rings (SSSR count). The van der Waals surface area contributed by atoms with E-state index in [1.807, 2.05) is 13.8 Å². The quantitative estimate of drug-likeness (QED) is 0.940. The third kappa shape index (κ3) is 2.86. The number of rotatable bonds is 3. The topological polar surface area (TPSA) is 70.8 Å². The number of benzene rings is 1. The lowest BCUT2D eigenvalue weighted by Crippen LogP contribution is -2.30. The van der Waals surface area contributed by atoms with Crippen molar-refractivity contribution in [1.82, 2.24) is 4.90 Å². The molecule has 5 heteroatoms. The van der Waals surface area contributed by atoms with Crippen molar-refractivity contribution in [3.63, 3.8) is 0 Å². The van der Waals surface area contributed by atoms with E-state index in [0.717, 1.165) is 35.8 Å². The van der Waals surface area contributed by atoms with Crippen LogP contribution in [0.4, 0.5) is 0 Å². The number of hydrogen-bond donors (Lipinski definition) is 1. The fourth-order valence-corrected chi connectivity index (χ4v) is 3.15. The minimum atomic E-state index is -1.10. The van der Waals surface area contributed by atoms with Crippen LogP contribution < -0.4 is 0 Å². The Balaban J connectivity index is 1.90. The Labute approximate surface area is 134 Å². The lowest BCUT2D eigenvalue weighted by molar-refractivity contribution is 0.0690. The van der Waals surface area contributed by atoms with Crippen molar-refractivity contribution in [2.45, 2.75) is 32.7 Å². The maximum atomic E-state index is 12.7. The number of carboxylic acid groups (broad SMARTS) is 1. The van der Waals surface area contributed by atoms with Gasteiger partial charge in [0.1, 0.15) is 6.26 Å². The Morgan fingerprint density at radius 2 is 2.04 bits per heavy atom. The molecule has 120 valence electrons. The molecule has 1 N–H and O–H groups in total. The molecule has 1 aromatic heterocycles. The SMILES string of the molecule is Cc1ccc(C)c(C2CCCN2C(=O)c2cc(C(=O)O)co2)c1. The molecule has 1 saturated heterocycles. The Morgan fingerprint density at radius 3 is 2.74 bits per heavy atom. The fraction of sp³-hybridized carbons (Fsp3) is 0.333. The van der Waals surface area contributed by atoms with E-state index < -0.39 is 5.97 Å². The monoisotopic (exact) mass is 313 g/mol. The maximum Gasteiger partial charge on any atom is 0.338 e. The molecule has 2 aromatic rings. The van der Waals surface area contributed by atoms with Gasteiger partial charge >= 0.3 is 5.97 Å². The van der Waals surface area contributed by atoms with E-state index in [1.165, 1.54) is 6.07 Å². The van der Waals surface area contributed by atoms with Crippen molar-refractivity contribution in [3.05, 3.63) is 58.5 Å². The summed E-state index contributed by atoms with van der Waals surface area (Å²) in [5.41, 5.74) is 3.47. The first-order chi connectivity index (χ1) is 11.0. The molecule has 1 aliphatic rings. The molecule has 23 heavy (non-hydrogen) atoms. The van der Waals surface area contributed by atoms with Crippen molar-refractivity contribution >= 4 is 11.9 Å². The summed E-state index contributed by atoms with van der Waals surface area (Å²) in [5.74, 6) is -1.26. The molecule has 0 spiro atoms. The molecule has 0 bridgehead atoms. The lowest BCUT2D eigenvalue weighted by Gasteiger charge is -2.25. The summed E-state index contributed by atoms with van der Waals surface area (Å²) in [6.45, 7) is 4.74. The zero-order valence-corrected chi connectivity index (χ0v) is 13.2. The van der Waals surface area contributed by atoms with Gasteiger partial charge < -0.3 is 14.4 Å². The number of nitrogens with zero attached hydrogens (tertiary/aromatic N) is 1. The number of aromatic carboxylic acids is 1. The van der Waals surface area contributed by atoms with Crippen molar-refractivity contribution in [1.29, 1.82) is 0 Å². The predicted molar refractivity (Wildman–Crippen MR) is 84.6 cm³/mol. The second-order valence-electron chi connectivity index (χ2n) is 6.02. The molecule has 1 amide bonds. The van der Waals surface area contributed by atoms with Crippen LogP contribution in [-0.4, -0.2) is 28.4 Å². The summed E-state index contributed by atoms with van der Waals surface area (Å²) >= 11 is 0. The predicted octanol–water partition coefficient (Wildman–Crippen LogP) is 3.57. The van der Waals surface area contributed by atoms with Crippen LogP contribution in [0.3, 0.4) is 0 Å². The standard InChI is InChI=1S/C18H19NO4/c1-11-5-6-12(2)14(8-11)15-4-3-7-19(15)17(20)16-9-13(10-23-16)18(21)22/h5-6,8-10,15H,3-4,7H2,1-2H3,(H,21,22). The van der Waals surface area contributed by atoms with Gasteiger partial charge in [-0.05, 0) is 37.8 Å². The first-order valence-corrected chi connectivity index (χ1v) is 7.67. The number of hydrogen-bond acceptors (Lipinski definition) is 3. The first kappa shape index (κ1) is 15.3. The van der Waals surface area contributed by atoms with Gasteiger partial charge in [-0.2, -0.15) is 0 Å². The van der Waals surface area contributed by atoms with Crippen LogP contribution in [0.15, 0.2) is 34.9 Å². The van der Waals surface area contributed by atoms with Crippen molar-refractivity contribution < 1.29 is 19.1 Å². The number of amides is 1. The van der Waals surface area contributed by atoms with E-state index in [4.69, 9.17) is 9.52 Å². The number of carbonyl (C=O) groups excluding carboxylic acids is 1. The Hall–Kier alpha value is -2.56. The zero-order chi connectivity index (χ0) is 16.6. The van der Waals surface area contributed by atoms with Crippen LogP contribution in [-0.2, 0) is 0 Å². The highest BCUT2D eigenvalue weighted by atomic mass is 16.4. The van der Waals surface area contributed by atoms with E-state index in [2.05, 4.69) is 18.2 Å². The second kappa shape index (κ2) is 5.91. The molecule has 2 heterocycles. The summed E-state index contributed by atoms with van der Waals surface area (Å²) in [4.78, 5) is 25.4. The molecule has 1 fully saturated rings. The molecule has 5 nitrogen and oxygen atoms in total. The summed E-state index contributed by atoms with van der Waals surface area (Å²) in [5, 5.41) is 8.96. The summed E-state index contributed by atoms with van der Waals surface area (Å²) in [7, 11) is 0. The van der Waals surface area contributed by atoms with Gasteiger partial charge in [-0.3, -0.25) is 4.79 Å². The van der Waals surface area contributed by atoms with E-state index in [1.54, 1.807) is 4.90 Å². The van der Waals surface area contributed by atoms with Crippen LogP contribution in [0, 0.1) is 13.8 Å². The molecule has 1 unspecified atom stereocenters. The second-order valence-corrected chi connectivity index (χ2v) is 6.02. The Bertz CT molecular complexity index is 762. The van der Waals surface area contributed by atoms with E-state index in [-0.39, 0.29) is 23.3 Å². The minimum Gasteiger partial charge on any atom is -0.478 e. The van der Waals surface area contributed by atoms with Crippen molar-refractivity contribution in [2.24, 2.45) is 0 Å². The third-order valence-corrected chi connectivity index (χ3v) is 4.36. The Morgan fingerprint density at radius 1 is 1.26 bits per heavy atom. The van der Waals surface area contributed by atoms with Gasteiger partial charge in [0.25, 0.3) is 5.91 Å². The van der Waals surface area contributed by atoms with Crippen molar-refractivity contribution in [2.75, 3.05) is 6.54 Å². The summed E-state index contributed by atoms with van der Waals surface area (Å²) in [6, 6.07) is 7.56. The highest BCUT2D eigenvalue weighted by molar-refractivity contribution is 5.95. The minimum absolute atomic E-state index is 0.00386. The molecular weight excluding hydrogens is 294 g/mol. The van der Waals surface area contributed by atoms with E-state index >= 15 is 0 Å². The van der Waals surface area contributed by atoms with E-state index in [0.29, 0.717) is 6.54 Å². The Kier molecular flexibility index (Phi) is 3.94. The number of carbonyl (C=O) groups is 2. The number of likely N-dealkylation sites (tertiary alicyclic amines) is 1. The van der Waals surface area contributed by atoms with Gasteiger partial charge in [0.05, 0.1) is 11.6 Å². The number of carboxylic acids is 1. The number of furan rings is 1. The smallest absolute Gasteiger partial charge is 0.338 e. The molecule has 1 aromatic carbocycles. The molecule has 1 aliphatic heterocycles. The van der Waals surface area contributed by atoms with Gasteiger partial charge in [-0.25, -0.2) is 4.79 Å². The highest BCUT2D eigenvalue weighted by Crippen LogP contribution is 2.35. The van der Waals surface area contributed by atoms with Gasteiger partial charge in [0.2, 0.25) is 0 Å². The summed E-state index contributed by atoms with van der Waals surface area (Å²) < 4.78 is 5.17. The summed E-state index contributed by atoms with van der Waals surface area (Å²) in [6.07, 6.45) is 2.94. The zero-order valence-electron chi connectivity index (χ0n) is 13.2. The molecule has 0 saturated carbocycles. The van der Waals surface area contributed by atoms with Crippen molar-refractivity contribution in [3.8, 4) is 0 Å². The molecular formula is C18H19NO4. The third-order valence-electron chi connectivity index (χ3n) is 4.36. The van der Waals surface area contributed by atoms with Gasteiger partial charge in [-0.15, -0.1) is 0 Å². The highest BCUT2D eigenvalue weighted by Gasteiger charge is 2.33. The van der Waals surface area contributed by atoms with Crippen LogP contribution in [0.1, 0.15) is 56.5 Å². The largest absolute Gasteiger partial charge is 0.478 e. The average molecular weight is 313 g/mol. The van der Waals surface area contributed by atoms with Gasteiger partial charge in [-0.1, -0.05) is 23.8 Å². The molecule has 0 radical (unpaired) electrons. The van der Waals surface area contributed by atoms with Crippen LogP contribution in [0.25, 0.3) is 0 Å². The van der Waals surface area contributed by atoms with Crippen LogP contribution in [0.2, 0.25) is 0 Å². The maximum absolute atomic E-state index is 12.7.